The molecule has 1 heterocycles. The molecule has 4 nitrogen and oxygen atoms in total. The topological polar surface area (TPSA) is 41.9 Å². The molecule has 0 aromatic heterocycles. The van der Waals surface area contributed by atoms with Crippen molar-refractivity contribution in [2.45, 2.75) is 45.4 Å². The number of aliphatic hydroxyl groups excluding tert-OH is 1. The van der Waals surface area contributed by atoms with Crippen LogP contribution in [0.3, 0.4) is 0 Å². The van der Waals surface area contributed by atoms with Crippen LogP contribution in [0.1, 0.15) is 29.5 Å². The molecular weight excluding hydrogens is 338 g/mol. The smallest absolute Gasteiger partial charge is 0.122 e. The molecule has 0 bridgehead atoms. The maximum Gasteiger partial charge on any atom is 0.122 e. The largest absolute Gasteiger partial charge is 0.491 e. The van der Waals surface area contributed by atoms with E-state index < -0.39 is 6.10 Å². The molecule has 1 N–H and O–H groups in total. The number of hydrogen-bond donors (Lipinski definition) is 1. The van der Waals surface area contributed by atoms with Crippen molar-refractivity contribution in [2.24, 2.45) is 0 Å². The van der Waals surface area contributed by atoms with Gasteiger partial charge in [-0.15, -0.1) is 0 Å². The zero-order chi connectivity index (χ0) is 19.1. The predicted molar refractivity (Wildman–Crippen MR) is 108 cm³/mol. The first-order valence-corrected chi connectivity index (χ1v) is 9.86. The molecule has 146 valence electrons. The summed E-state index contributed by atoms with van der Waals surface area (Å²) in [7, 11) is 0. The first kappa shape index (κ1) is 19.9. The Hall–Kier alpha value is -1.88. The molecule has 2 aromatic rings. The van der Waals surface area contributed by atoms with Crippen LogP contribution < -0.4 is 4.74 Å². The van der Waals surface area contributed by atoms with E-state index in [9.17, 15) is 5.11 Å². The van der Waals surface area contributed by atoms with Crippen LogP contribution in [0, 0.1) is 13.8 Å². The van der Waals surface area contributed by atoms with Gasteiger partial charge in [0.15, 0.2) is 0 Å². The summed E-state index contributed by atoms with van der Waals surface area (Å²) in [5, 5.41) is 10.6. The third kappa shape index (κ3) is 6.35. The average molecular weight is 370 g/mol. The van der Waals surface area contributed by atoms with Gasteiger partial charge in [0.1, 0.15) is 18.5 Å². The number of nitrogens with zero attached hydrogens (tertiary/aromatic N) is 1. The number of ether oxygens (including phenoxy) is 2. The van der Waals surface area contributed by atoms with Crippen LogP contribution in [0.2, 0.25) is 0 Å². The zero-order valence-corrected chi connectivity index (χ0v) is 16.4. The van der Waals surface area contributed by atoms with Gasteiger partial charge in [-0.2, -0.15) is 0 Å². The minimum atomic E-state index is -0.546. The van der Waals surface area contributed by atoms with Gasteiger partial charge in [-0.05, 0) is 43.9 Å². The van der Waals surface area contributed by atoms with Crippen LogP contribution in [0.15, 0.2) is 48.5 Å². The number of hydrogen-bond acceptors (Lipinski definition) is 4. The van der Waals surface area contributed by atoms with Crippen LogP contribution in [-0.2, 0) is 11.3 Å². The van der Waals surface area contributed by atoms with Gasteiger partial charge in [0.2, 0.25) is 0 Å². The lowest BCUT2D eigenvalue weighted by Crippen LogP contribution is -2.39. The minimum Gasteiger partial charge on any atom is -0.491 e. The van der Waals surface area contributed by atoms with Crippen LogP contribution in [0.5, 0.6) is 5.75 Å². The van der Waals surface area contributed by atoms with Gasteiger partial charge < -0.3 is 14.6 Å². The van der Waals surface area contributed by atoms with Crippen molar-refractivity contribution in [3.63, 3.8) is 0 Å². The Morgan fingerprint density at radius 3 is 2.78 bits per heavy atom. The highest BCUT2D eigenvalue weighted by Gasteiger charge is 2.21. The van der Waals surface area contributed by atoms with Crippen molar-refractivity contribution in [3.8, 4) is 5.75 Å². The molecule has 2 aromatic carbocycles. The van der Waals surface area contributed by atoms with E-state index in [2.05, 4.69) is 36.1 Å². The Bertz CT molecular complexity index is 712. The molecule has 0 amide bonds. The van der Waals surface area contributed by atoms with E-state index in [1.807, 2.05) is 31.2 Å². The summed E-state index contributed by atoms with van der Waals surface area (Å²) >= 11 is 0. The first-order chi connectivity index (χ1) is 13.1. The fraction of sp³-hybridized carbons (Fsp3) is 0.478. The monoisotopic (exact) mass is 369 g/mol. The number of aryl methyl sites for hydroxylation is 2. The van der Waals surface area contributed by atoms with Crippen LogP contribution >= 0.6 is 0 Å². The predicted octanol–water partition coefficient (Wildman–Crippen LogP) is 3.72. The molecule has 0 spiro atoms. The third-order valence-electron chi connectivity index (χ3n) is 4.97. The average Bonchev–Trinajstić information content (AvgIpc) is 3.14. The molecule has 2 atom stereocenters. The molecule has 0 radical (unpaired) electrons. The maximum absolute atomic E-state index is 10.6. The van der Waals surface area contributed by atoms with Crippen molar-refractivity contribution in [1.82, 2.24) is 4.90 Å². The van der Waals surface area contributed by atoms with E-state index in [0.717, 1.165) is 43.9 Å². The van der Waals surface area contributed by atoms with E-state index in [4.69, 9.17) is 9.47 Å². The first-order valence-electron chi connectivity index (χ1n) is 9.86. The number of aliphatic hydroxyl groups is 1. The van der Waals surface area contributed by atoms with Gasteiger partial charge in [-0.25, -0.2) is 0 Å². The van der Waals surface area contributed by atoms with Gasteiger partial charge in [0.25, 0.3) is 0 Å². The number of rotatable bonds is 9. The second-order valence-corrected chi connectivity index (χ2v) is 7.55. The molecule has 0 aliphatic carbocycles. The molecule has 4 heteroatoms. The Labute approximate surface area is 162 Å². The van der Waals surface area contributed by atoms with Crippen molar-refractivity contribution < 1.29 is 14.6 Å². The standard InChI is InChI=1S/C23H31NO3/c1-18-7-5-9-20(13-18)14-24(16-22-10-6-12-26-22)15-21(25)17-27-23-11-4-3-8-19(23)2/h3-5,7-9,11,13,21-22,25H,6,10,12,14-17H2,1-2H3/t21-,22+/m0/s1. The second kappa shape index (κ2) is 9.88. The fourth-order valence-electron chi connectivity index (χ4n) is 3.60. The van der Waals surface area contributed by atoms with Crippen molar-refractivity contribution >= 4 is 0 Å². The molecule has 1 aliphatic heterocycles. The molecule has 1 fully saturated rings. The SMILES string of the molecule is Cc1cccc(CN(C[C@H](O)COc2ccccc2C)C[C@H]2CCCO2)c1. The highest BCUT2D eigenvalue weighted by molar-refractivity contribution is 5.31. The van der Waals surface area contributed by atoms with Crippen LogP contribution in [0.4, 0.5) is 0 Å². The van der Waals surface area contributed by atoms with E-state index in [-0.39, 0.29) is 6.10 Å². The summed E-state index contributed by atoms with van der Waals surface area (Å²) in [6, 6.07) is 16.5. The van der Waals surface area contributed by atoms with E-state index >= 15 is 0 Å². The van der Waals surface area contributed by atoms with Gasteiger partial charge in [-0.3, -0.25) is 4.90 Å². The number of benzene rings is 2. The molecule has 3 rings (SSSR count). The maximum atomic E-state index is 10.6. The number of para-hydroxylation sites is 1. The molecule has 1 aliphatic rings. The Morgan fingerprint density at radius 1 is 1.19 bits per heavy atom. The Kier molecular flexibility index (Phi) is 7.27. The fourth-order valence-corrected chi connectivity index (χ4v) is 3.60. The molecule has 0 saturated carbocycles. The normalized spacial score (nSPS) is 18.0. The third-order valence-corrected chi connectivity index (χ3v) is 4.97. The quantitative estimate of drug-likeness (QED) is 0.731. The van der Waals surface area contributed by atoms with Crippen molar-refractivity contribution in [2.75, 3.05) is 26.3 Å². The summed E-state index contributed by atoms with van der Waals surface area (Å²) in [5.74, 6) is 0.834. The zero-order valence-electron chi connectivity index (χ0n) is 16.4. The highest BCUT2D eigenvalue weighted by Crippen LogP contribution is 2.18. The molecule has 27 heavy (non-hydrogen) atoms. The summed E-state index contributed by atoms with van der Waals surface area (Å²) in [6.45, 7) is 7.49. The minimum absolute atomic E-state index is 0.263. The van der Waals surface area contributed by atoms with Gasteiger partial charge in [0, 0.05) is 26.2 Å². The molecule has 0 unspecified atom stereocenters. The summed E-state index contributed by atoms with van der Waals surface area (Å²) in [5.41, 5.74) is 3.61. The summed E-state index contributed by atoms with van der Waals surface area (Å²) in [4.78, 5) is 2.29. The lowest BCUT2D eigenvalue weighted by Gasteiger charge is -2.27. The van der Waals surface area contributed by atoms with Crippen molar-refractivity contribution in [1.29, 1.82) is 0 Å². The van der Waals surface area contributed by atoms with E-state index in [1.165, 1.54) is 11.1 Å². The van der Waals surface area contributed by atoms with Gasteiger partial charge in [-0.1, -0.05) is 48.0 Å². The van der Waals surface area contributed by atoms with E-state index in [1.54, 1.807) is 0 Å². The molecule has 1 saturated heterocycles. The highest BCUT2D eigenvalue weighted by atomic mass is 16.5. The van der Waals surface area contributed by atoms with Crippen LogP contribution in [0.25, 0.3) is 0 Å². The van der Waals surface area contributed by atoms with Gasteiger partial charge >= 0.3 is 0 Å². The lowest BCUT2D eigenvalue weighted by molar-refractivity contribution is 0.0313. The molecular formula is C23H31NO3. The van der Waals surface area contributed by atoms with Crippen LogP contribution in [-0.4, -0.2) is 48.5 Å². The summed E-state index contributed by atoms with van der Waals surface area (Å²) < 4.78 is 11.6. The van der Waals surface area contributed by atoms with Gasteiger partial charge in [0.05, 0.1) is 6.10 Å². The van der Waals surface area contributed by atoms with Crippen molar-refractivity contribution in [3.05, 3.63) is 65.2 Å². The summed E-state index contributed by atoms with van der Waals surface area (Å²) in [6.07, 6.45) is 1.94. The van der Waals surface area contributed by atoms with E-state index in [0.29, 0.717) is 13.2 Å². The second-order valence-electron chi connectivity index (χ2n) is 7.55. The lowest BCUT2D eigenvalue weighted by atomic mass is 10.1. The Morgan fingerprint density at radius 2 is 2.04 bits per heavy atom. The Balaban J connectivity index is 1.58.